The Labute approximate surface area is 241 Å². The first-order valence-electron chi connectivity index (χ1n) is 13.8. The molecule has 13 heteroatoms. The SMILES string of the molecule is C=CC(=O)N1CCN(c2nc(N3CC(N(CC)CC)C3)nc3c(=O)n(C4C#CC=CC=C4O)c(C(F)(F)F)cc23)CC1. The number of amides is 1. The van der Waals surface area contributed by atoms with E-state index in [9.17, 15) is 27.9 Å². The van der Waals surface area contributed by atoms with E-state index < -0.39 is 29.2 Å². The molecule has 1 unspecified atom stereocenters. The number of pyridine rings is 1. The highest BCUT2D eigenvalue weighted by Gasteiger charge is 2.40. The number of aliphatic hydroxyl groups is 1. The molecule has 0 radical (unpaired) electrons. The molecule has 2 saturated heterocycles. The Bertz CT molecular complexity index is 1570. The molecule has 1 amide bonds. The van der Waals surface area contributed by atoms with Gasteiger partial charge in [0.15, 0.2) is 6.04 Å². The number of alkyl halides is 3. The molecule has 5 rings (SSSR count). The maximum atomic E-state index is 14.5. The molecule has 1 N–H and O–H groups in total. The van der Waals surface area contributed by atoms with Crippen LogP contribution < -0.4 is 15.4 Å². The first-order chi connectivity index (χ1) is 20.1. The molecule has 0 bridgehead atoms. The molecule has 2 fully saturated rings. The zero-order valence-corrected chi connectivity index (χ0v) is 23.4. The number of carbonyl (C=O) groups is 1. The normalized spacial score (nSPS) is 19.3. The van der Waals surface area contributed by atoms with Gasteiger partial charge in [0, 0.05) is 45.3 Å². The summed E-state index contributed by atoms with van der Waals surface area (Å²) < 4.78 is 44.0. The van der Waals surface area contributed by atoms with E-state index in [2.05, 4.69) is 42.2 Å². The number of allylic oxidation sites excluding steroid dienone is 4. The van der Waals surface area contributed by atoms with Crippen LogP contribution in [-0.2, 0) is 11.0 Å². The van der Waals surface area contributed by atoms with E-state index in [1.807, 2.05) is 4.90 Å². The number of hydrogen-bond acceptors (Lipinski definition) is 8. The smallest absolute Gasteiger partial charge is 0.431 e. The van der Waals surface area contributed by atoms with Gasteiger partial charge in [-0.15, -0.1) is 0 Å². The van der Waals surface area contributed by atoms with Crippen LogP contribution in [0.1, 0.15) is 25.6 Å². The van der Waals surface area contributed by atoms with Crippen LogP contribution in [0.15, 0.2) is 47.5 Å². The third kappa shape index (κ3) is 5.34. The van der Waals surface area contributed by atoms with Gasteiger partial charge in [0.2, 0.25) is 11.9 Å². The Balaban J connectivity index is 1.67. The largest absolute Gasteiger partial charge is 0.509 e. The van der Waals surface area contributed by atoms with Crippen LogP contribution in [-0.4, -0.2) is 93.7 Å². The molecule has 1 atom stereocenters. The summed E-state index contributed by atoms with van der Waals surface area (Å²) in [6.07, 6.45) is 0.239. The van der Waals surface area contributed by atoms with Gasteiger partial charge in [-0.3, -0.25) is 19.1 Å². The van der Waals surface area contributed by atoms with E-state index in [0.29, 0.717) is 43.8 Å². The Morgan fingerprint density at radius 3 is 2.48 bits per heavy atom. The van der Waals surface area contributed by atoms with Gasteiger partial charge in [-0.1, -0.05) is 38.3 Å². The monoisotopic (exact) mass is 583 g/mol. The standard InChI is InChI=1S/C29H32F3N7O3/c1-4-24(41)36-12-14-37(15-13-36)26-20-16-23(29(30,31)32)39(21-10-8-7-9-11-22(21)40)27(42)25(20)33-28(34-26)38-17-19(18-38)35(5-2)6-3/h4,7,9,11,16,19,21,40H,1,5-6,12-15,17-18H2,2-3H3. The van der Waals surface area contributed by atoms with E-state index >= 15 is 0 Å². The van der Waals surface area contributed by atoms with Crippen molar-refractivity contribution in [1.82, 2.24) is 24.3 Å². The number of halogens is 3. The fourth-order valence-corrected chi connectivity index (χ4v) is 5.57. The highest BCUT2D eigenvalue weighted by Crippen LogP contribution is 2.36. The number of aliphatic hydroxyl groups excluding tert-OH is 1. The van der Waals surface area contributed by atoms with Crippen molar-refractivity contribution in [1.29, 1.82) is 0 Å². The van der Waals surface area contributed by atoms with Crippen LogP contribution in [0.5, 0.6) is 0 Å². The molecule has 10 nitrogen and oxygen atoms in total. The van der Waals surface area contributed by atoms with Crippen molar-refractivity contribution in [2.45, 2.75) is 32.1 Å². The van der Waals surface area contributed by atoms with Gasteiger partial charge in [0.1, 0.15) is 22.8 Å². The van der Waals surface area contributed by atoms with Gasteiger partial charge in [-0.2, -0.15) is 18.2 Å². The average Bonchev–Trinajstić information content (AvgIpc) is 3.17. The first kappa shape index (κ1) is 29.2. The number of hydrogen-bond donors (Lipinski definition) is 1. The third-order valence-electron chi connectivity index (χ3n) is 7.91. The summed E-state index contributed by atoms with van der Waals surface area (Å²) in [6.45, 7) is 11.8. The molecule has 42 heavy (non-hydrogen) atoms. The molecule has 1 aliphatic carbocycles. The van der Waals surface area contributed by atoms with Crippen molar-refractivity contribution in [2.75, 3.05) is 62.2 Å². The van der Waals surface area contributed by atoms with Crippen LogP contribution in [0.25, 0.3) is 10.9 Å². The summed E-state index contributed by atoms with van der Waals surface area (Å²) in [5, 5.41) is 10.5. The van der Waals surface area contributed by atoms with Crippen LogP contribution in [0.4, 0.5) is 24.9 Å². The molecule has 2 aliphatic heterocycles. The molecule has 0 aromatic carbocycles. The van der Waals surface area contributed by atoms with Crippen LogP contribution in [0.2, 0.25) is 0 Å². The summed E-state index contributed by atoms with van der Waals surface area (Å²) in [5.74, 6) is 4.82. The van der Waals surface area contributed by atoms with Gasteiger partial charge < -0.3 is 19.8 Å². The molecule has 2 aromatic heterocycles. The maximum absolute atomic E-state index is 14.5. The highest BCUT2D eigenvalue weighted by atomic mass is 19.4. The average molecular weight is 584 g/mol. The Hall–Kier alpha value is -4.31. The molecule has 4 heterocycles. The van der Waals surface area contributed by atoms with E-state index in [4.69, 9.17) is 4.98 Å². The number of anilines is 2. The van der Waals surface area contributed by atoms with Gasteiger partial charge in [-0.05, 0) is 37.4 Å². The molecular weight excluding hydrogens is 551 g/mol. The summed E-state index contributed by atoms with van der Waals surface area (Å²) in [7, 11) is 0. The lowest BCUT2D eigenvalue weighted by Gasteiger charge is -2.45. The Morgan fingerprint density at radius 2 is 1.86 bits per heavy atom. The molecule has 0 spiro atoms. The molecule has 2 aromatic rings. The molecule has 222 valence electrons. The van der Waals surface area contributed by atoms with Gasteiger partial charge in [-0.25, -0.2) is 4.98 Å². The first-order valence-corrected chi connectivity index (χ1v) is 13.8. The fourth-order valence-electron chi connectivity index (χ4n) is 5.57. The van der Waals surface area contributed by atoms with Crippen LogP contribution in [0, 0.1) is 11.8 Å². The van der Waals surface area contributed by atoms with E-state index in [1.165, 1.54) is 24.3 Å². The number of rotatable bonds is 7. The van der Waals surface area contributed by atoms with E-state index in [0.717, 1.165) is 19.2 Å². The summed E-state index contributed by atoms with van der Waals surface area (Å²) in [5.41, 5.74) is -2.51. The lowest BCUT2D eigenvalue weighted by molar-refractivity contribution is -0.144. The number of likely N-dealkylation sites (N-methyl/N-ethyl adjacent to an activating group) is 1. The second-order valence-corrected chi connectivity index (χ2v) is 10.3. The number of nitrogens with zero attached hydrogens (tertiary/aromatic N) is 7. The minimum atomic E-state index is -4.95. The number of piperazine rings is 1. The number of aromatic nitrogens is 3. The van der Waals surface area contributed by atoms with E-state index in [-0.39, 0.29) is 34.6 Å². The van der Waals surface area contributed by atoms with Crippen molar-refractivity contribution >= 4 is 28.6 Å². The fraction of sp³-hybridized carbons (Fsp3) is 0.448. The second-order valence-electron chi connectivity index (χ2n) is 10.3. The lowest BCUT2D eigenvalue weighted by atomic mass is 10.1. The zero-order chi connectivity index (χ0) is 30.2. The highest BCUT2D eigenvalue weighted by molar-refractivity contribution is 5.91. The van der Waals surface area contributed by atoms with E-state index in [1.54, 1.807) is 9.80 Å². The predicted octanol–water partition coefficient (Wildman–Crippen LogP) is 2.73. The number of fused-ring (bicyclic) bond motifs is 1. The zero-order valence-electron chi connectivity index (χ0n) is 23.4. The van der Waals surface area contributed by atoms with Gasteiger partial charge >= 0.3 is 6.18 Å². The minimum Gasteiger partial charge on any atom is -0.509 e. The quantitative estimate of drug-likeness (QED) is 0.393. The molecular formula is C29H32F3N7O3. The summed E-state index contributed by atoms with van der Waals surface area (Å²) in [4.78, 5) is 42.9. The lowest BCUT2D eigenvalue weighted by Crippen LogP contribution is -2.60. The predicted molar refractivity (Wildman–Crippen MR) is 153 cm³/mol. The molecule has 0 saturated carbocycles. The second kappa shape index (κ2) is 11.5. The van der Waals surface area contributed by atoms with Gasteiger partial charge in [0.25, 0.3) is 5.56 Å². The minimum absolute atomic E-state index is 0.0557. The van der Waals surface area contributed by atoms with Gasteiger partial charge in [0.05, 0.1) is 5.39 Å². The Kier molecular flexibility index (Phi) is 8.01. The van der Waals surface area contributed by atoms with Crippen molar-refractivity contribution in [3.8, 4) is 11.8 Å². The summed E-state index contributed by atoms with van der Waals surface area (Å²) in [6, 6.07) is -0.435. The maximum Gasteiger partial charge on any atom is 0.431 e. The summed E-state index contributed by atoms with van der Waals surface area (Å²) >= 11 is 0. The van der Waals surface area contributed by atoms with Crippen molar-refractivity contribution < 1.29 is 23.1 Å². The Morgan fingerprint density at radius 1 is 1.17 bits per heavy atom. The van der Waals surface area contributed by atoms with Crippen molar-refractivity contribution in [3.05, 3.63) is 58.8 Å². The van der Waals surface area contributed by atoms with Crippen LogP contribution in [0.3, 0.4) is 0 Å². The number of carbonyl (C=O) groups excluding carboxylic acids is 1. The van der Waals surface area contributed by atoms with Crippen molar-refractivity contribution in [3.63, 3.8) is 0 Å². The topological polar surface area (TPSA) is 98.0 Å². The van der Waals surface area contributed by atoms with Crippen LogP contribution >= 0.6 is 0 Å². The third-order valence-corrected chi connectivity index (χ3v) is 7.91. The molecule has 3 aliphatic rings. The van der Waals surface area contributed by atoms with Crippen molar-refractivity contribution in [2.24, 2.45) is 0 Å².